The lowest BCUT2D eigenvalue weighted by Gasteiger charge is -2.09. The van der Waals surface area contributed by atoms with E-state index in [4.69, 9.17) is 5.11 Å². The molecule has 0 bridgehead atoms. The van der Waals surface area contributed by atoms with Crippen molar-refractivity contribution in [3.63, 3.8) is 0 Å². The molecule has 0 spiro atoms. The number of nitrogens with one attached hydrogen (secondary N) is 1. The molecule has 0 radical (unpaired) electrons. The molecular formula is C11H11BrN4O4S. The van der Waals surface area contributed by atoms with Crippen LogP contribution in [-0.2, 0) is 16.6 Å². The first-order valence-corrected chi connectivity index (χ1v) is 8.04. The Labute approximate surface area is 129 Å². The van der Waals surface area contributed by atoms with Gasteiger partial charge in [-0.05, 0) is 34.1 Å². The molecule has 0 aliphatic rings. The molecule has 0 atom stereocenters. The van der Waals surface area contributed by atoms with Crippen molar-refractivity contribution in [2.24, 2.45) is 0 Å². The summed E-state index contributed by atoms with van der Waals surface area (Å²) in [6.07, 6.45) is 3.11. The Morgan fingerprint density at radius 3 is 2.76 bits per heavy atom. The van der Waals surface area contributed by atoms with Gasteiger partial charge >= 0.3 is 5.97 Å². The van der Waals surface area contributed by atoms with Crippen LogP contribution in [0.15, 0.2) is 40.0 Å². The zero-order chi connectivity index (χ0) is 15.5. The van der Waals surface area contributed by atoms with Crippen LogP contribution in [0.4, 0.5) is 0 Å². The van der Waals surface area contributed by atoms with Gasteiger partial charge in [-0.25, -0.2) is 17.9 Å². The number of nitrogens with zero attached hydrogens (tertiary/aromatic N) is 3. The first-order chi connectivity index (χ1) is 9.90. The summed E-state index contributed by atoms with van der Waals surface area (Å²) in [5, 5.41) is 16.2. The fourth-order valence-corrected chi connectivity index (χ4v) is 3.67. The SMILES string of the molecule is O=C(O)c1ccc(S(=O)(=O)NCCn2ccnn2)c(Br)c1. The Hall–Kier alpha value is -1.78. The number of aromatic carboxylic acids is 1. The largest absolute Gasteiger partial charge is 0.478 e. The highest BCUT2D eigenvalue weighted by Gasteiger charge is 2.18. The Kier molecular flexibility index (Phi) is 4.70. The lowest BCUT2D eigenvalue weighted by molar-refractivity contribution is 0.0696. The number of benzene rings is 1. The molecule has 0 amide bonds. The number of aromatic nitrogens is 3. The number of hydrogen-bond acceptors (Lipinski definition) is 5. The van der Waals surface area contributed by atoms with Gasteiger partial charge in [0.05, 0.1) is 23.2 Å². The number of rotatable bonds is 6. The number of sulfonamides is 1. The van der Waals surface area contributed by atoms with Gasteiger partial charge in [-0.3, -0.25) is 4.68 Å². The summed E-state index contributed by atoms with van der Waals surface area (Å²) in [5.74, 6) is -1.13. The molecule has 0 unspecified atom stereocenters. The third kappa shape index (κ3) is 3.86. The van der Waals surface area contributed by atoms with E-state index >= 15 is 0 Å². The smallest absolute Gasteiger partial charge is 0.335 e. The Bertz CT molecular complexity index is 746. The summed E-state index contributed by atoms with van der Waals surface area (Å²) in [6.45, 7) is 0.475. The molecule has 1 heterocycles. The van der Waals surface area contributed by atoms with Crippen molar-refractivity contribution in [1.82, 2.24) is 19.7 Å². The van der Waals surface area contributed by atoms with Crippen LogP contribution in [0.1, 0.15) is 10.4 Å². The highest BCUT2D eigenvalue weighted by molar-refractivity contribution is 9.10. The minimum atomic E-state index is -3.74. The van der Waals surface area contributed by atoms with Crippen LogP contribution in [0, 0.1) is 0 Å². The first-order valence-electron chi connectivity index (χ1n) is 5.77. The number of carboxylic acids is 1. The normalized spacial score (nSPS) is 11.5. The van der Waals surface area contributed by atoms with Crippen LogP contribution in [0.5, 0.6) is 0 Å². The zero-order valence-electron chi connectivity index (χ0n) is 10.6. The molecule has 0 saturated carbocycles. The Morgan fingerprint density at radius 2 is 2.19 bits per heavy atom. The molecule has 112 valence electrons. The second-order valence-corrected chi connectivity index (χ2v) is 6.60. The molecule has 0 aliphatic heterocycles. The molecule has 1 aromatic carbocycles. The molecule has 10 heteroatoms. The van der Waals surface area contributed by atoms with Crippen molar-refractivity contribution >= 4 is 31.9 Å². The van der Waals surface area contributed by atoms with E-state index in [1.54, 1.807) is 6.20 Å². The molecule has 21 heavy (non-hydrogen) atoms. The fraction of sp³-hybridized carbons (Fsp3) is 0.182. The monoisotopic (exact) mass is 374 g/mol. The second-order valence-electron chi connectivity index (χ2n) is 4.01. The number of hydrogen-bond donors (Lipinski definition) is 2. The van der Waals surface area contributed by atoms with Crippen molar-refractivity contribution in [3.05, 3.63) is 40.6 Å². The quantitative estimate of drug-likeness (QED) is 0.769. The van der Waals surface area contributed by atoms with Crippen LogP contribution in [0.25, 0.3) is 0 Å². The van der Waals surface area contributed by atoms with Crippen LogP contribution >= 0.6 is 15.9 Å². The molecule has 0 aliphatic carbocycles. The van der Waals surface area contributed by atoms with E-state index in [2.05, 4.69) is 31.0 Å². The standard InChI is InChI=1S/C11H11BrN4O4S/c12-9-7-8(11(17)18)1-2-10(9)21(19,20)14-4-6-16-5-3-13-15-16/h1-3,5,7,14H,4,6H2,(H,17,18). The van der Waals surface area contributed by atoms with Gasteiger partial charge in [0.15, 0.2) is 0 Å². The van der Waals surface area contributed by atoms with Crippen LogP contribution in [0.2, 0.25) is 0 Å². The van der Waals surface area contributed by atoms with Gasteiger partial charge in [0.1, 0.15) is 0 Å². The van der Waals surface area contributed by atoms with Crippen molar-refractivity contribution in [2.45, 2.75) is 11.4 Å². The third-order valence-electron chi connectivity index (χ3n) is 2.57. The van der Waals surface area contributed by atoms with Gasteiger partial charge in [-0.15, -0.1) is 5.10 Å². The van der Waals surface area contributed by atoms with Gasteiger partial charge in [0, 0.05) is 17.2 Å². The zero-order valence-corrected chi connectivity index (χ0v) is 13.0. The molecule has 2 N–H and O–H groups in total. The Morgan fingerprint density at radius 1 is 1.43 bits per heavy atom. The molecule has 2 rings (SSSR count). The number of carboxylic acid groups (broad SMARTS) is 1. The third-order valence-corrected chi connectivity index (χ3v) is 5.01. The average Bonchev–Trinajstić information content (AvgIpc) is 2.91. The summed E-state index contributed by atoms with van der Waals surface area (Å²) < 4.78 is 28.3. The van der Waals surface area contributed by atoms with E-state index in [1.165, 1.54) is 29.1 Å². The summed E-state index contributed by atoms with van der Waals surface area (Å²) in [4.78, 5) is 10.8. The van der Waals surface area contributed by atoms with E-state index in [0.29, 0.717) is 6.54 Å². The molecule has 0 saturated heterocycles. The van der Waals surface area contributed by atoms with Gasteiger partial charge in [0.25, 0.3) is 0 Å². The average molecular weight is 375 g/mol. The summed E-state index contributed by atoms with van der Waals surface area (Å²) in [7, 11) is -3.74. The molecular weight excluding hydrogens is 364 g/mol. The van der Waals surface area contributed by atoms with Gasteiger partial charge in [0.2, 0.25) is 10.0 Å². The van der Waals surface area contributed by atoms with E-state index in [0.717, 1.165) is 0 Å². The second kappa shape index (κ2) is 6.33. The topological polar surface area (TPSA) is 114 Å². The van der Waals surface area contributed by atoms with Gasteiger partial charge in [-0.2, -0.15) is 0 Å². The van der Waals surface area contributed by atoms with Gasteiger partial charge < -0.3 is 5.11 Å². The van der Waals surface area contributed by atoms with Crippen molar-refractivity contribution in [3.8, 4) is 0 Å². The highest BCUT2D eigenvalue weighted by atomic mass is 79.9. The minimum Gasteiger partial charge on any atom is -0.478 e. The lowest BCUT2D eigenvalue weighted by Crippen LogP contribution is -2.28. The predicted octanol–water partition coefficient (Wildman–Crippen LogP) is 0.717. The first kappa shape index (κ1) is 15.6. The van der Waals surface area contributed by atoms with Crippen LogP contribution < -0.4 is 4.72 Å². The summed E-state index contributed by atoms with van der Waals surface area (Å²) in [6, 6.07) is 3.72. The van der Waals surface area contributed by atoms with Crippen molar-refractivity contribution < 1.29 is 18.3 Å². The summed E-state index contributed by atoms with van der Waals surface area (Å²) >= 11 is 3.07. The Balaban J connectivity index is 2.10. The lowest BCUT2D eigenvalue weighted by atomic mass is 10.2. The van der Waals surface area contributed by atoms with Crippen LogP contribution in [0.3, 0.4) is 0 Å². The van der Waals surface area contributed by atoms with E-state index < -0.39 is 16.0 Å². The molecule has 8 nitrogen and oxygen atoms in total. The molecule has 2 aromatic rings. The maximum Gasteiger partial charge on any atom is 0.335 e. The predicted molar refractivity (Wildman–Crippen MR) is 76.3 cm³/mol. The maximum absolute atomic E-state index is 12.1. The van der Waals surface area contributed by atoms with E-state index in [1.807, 2.05) is 0 Å². The van der Waals surface area contributed by atoms with Crippen molar-refractivity contribution in [1.29, 1.82) is 0 Å². The van der Waals surface area contributed by atoms with E-state index in [-0.39, 0.29) is 21.5 Å². The number of carbonyl (C=O) groups is 1. The summed E-state index contributed by atoms with van der Waals surface area (Å²) in [5.41, 5.74) is 0.00319. The number of halogens is 1. The van der Waals surface area contributed by atoms with Crippen LogP contribution in [-0.4, -0.2) is 41.0 Å². The minimum absolute atomic E-state index is 0.00319. The molecule has 0 fully saturated rings. The van der Waals surface area contributed by atoms with Crippen molar-refractivity contribution in [2.75, 3.05) is 6.54 Å². The van der Waals surface area contributed by atoms with E-state index in [9.17, 15) is 13.2 Å². The molecule has 1 aromatic heterocycles. The van der Waals surface area contributed by atoms with Gasteiger partial charge in [-0.1, -0.05) is 5.21 Å². The fourth-order valence-electron chi connectivity index (χ4n) is 1.58. The maximum atomic E-state index is 12.1. The highest BCUT2D eigenvalue weighted by Crippen LogP contribution is 2.23.